The maximum Gasteiger partial charge on any atom is 0.255 e. The van der Waals surface area contributed by atoms with Crippen molar-refractivity contribution in [3.8, 4) is 11.4 Å². The molecule has 2 aromatic carbocycles. The molecule has 3 heterocycles. The van der Waals surface area contributed by atoms with Gasteiger partial charge in [0.15, 0.2) is 0 Å². The first-order chi connectivity index (χ1) is 16.0. The number of carbonyl (C=O) groups excluding carboxylic acids is 1. The van der Waals surface area contributed by atoms with Gasteiger partial charge < -0.3 is 20.1 Å². The van der Waals surface area contributed by atoms with Gasteiger partial charge in [-0.2, -0.15) is 5.10 Å². The van der Waals surface area contributed by atoms with Gasteiger partial charge in [0, 0.05) is 57.2 Å². The fourth-order valence-corrected chi connectivity index (χ4v) is 4.15. The molecule has 0 saturated carbocycles. The second-order valence-electron chi connectivity index (χ2n) is 8.77. The summed E-state index contributed by atoms with van der Waals surface area (Å²) in [7, 11) is 4.05. The zero-order valence-electron chi connectivity index (χ0n) is 19.1. The number of hydrogen-bond acceptors (Lipinski definition) is 5. The molecule has 0 spiro atoms. The van der Waals surface area contributed by atoms with Gasteiger partial charge in [-0.15, -0.1) is 0 Å². The summed E-state index contributed by atoms with van der Waals surface area (Å²) in [5, 5.41) is 7.19. The SMILES string of the molecule is CN1CCN(CCc2ccc(NC(=O)c3ccc4nc(-c5cnn(C)c5)[nH]c4c3)cc2)CC1. The molecule has 2 N–H and O–H groups in total. The summed E-state index contributed by atoms with van der Waals surface area (Å²) in [4.78, 5) is 25.6. The van der Waals surface area contributed by atoms with E-state index in [0.717, 1.165) is 67.3 Å². The van der Waals surface area contributed by atoms with Crippen molar-refractivity contribution in [2.24, 2.45) is 7.05 Å². The number of benzene rings is 2. The minimum Gasteiger partial charge on any atom is -0.338 e. The van der Waals surface area contributed by atoms with Crippen LogP contribution in [0.2, 0.25) is 0 Å². The number of hydrogen-bond donors (Lipinski definition) is 2. The lowest BCUT2D eigenvalue weighted by Crippen LogP contribution is -2.45. The fraction of sp³-hybridized carbons (Fsp3) is 0.320. The van der Waals surface area contributed by atoms with Crippen molar-refractivity contribution in [1.82, 2.24) is 29.5 Å². The van der Waals surface area contributed by atoms with E-state index in [0.29, 0.717) is 5.56 Å². The molecule has 1 aliphatic rings. The van der Waals surface area contributed by atoms with E-state index in [4.69, 9.17) is 0 Å². The van der Waals surface area contributed by atoms with E-state index in [9.17, 15) is 4.79 Å². The van der Waals surface area contributed by atoms with Crippen LogP contribution in [0.3, 0.4) is 0 Å². The number of nitrogens with zero attached hydrogens (tertiary/aromatic N) is 5. The van der Waals surface area contributed by atoms with Gasteiger partial charge in [0.05, 0.1) is 22.8 Å². The summed E-state index contributed by atoms with van der Waals surface area (Å²) in [6.07, 6.45) is 4.69. The summed E-state index contributed by atoms with van der Waals surface area (Å²) < 4.78 is 1.74. The zero-order valence-corrected chi connectivity index (χ0v) is 19.1. The molecule has 5 rings (SSSR count). The highest BCUT2D eigenvalue weighted by atomic mass is 16.1. The van der Waals surface area contributed by atoms with Crippen LogP contribution in [0.4, 0.5) is 5.69 Å². The first kappa shape index (κ1) is 21.4. The zero-order chi connectivity index (χ0) is 22.8. The van der Waals surface area contributed by atoms with Crippen LogP contribution in [0.25, 0.3) is 22.4 Å². The molecular weight excluding hydrogens is 414 g/mol. The molecule has 0 bridgehead atoms. The second kappa shape index (κ2) is 9.17. The van der Waals surface area contributed by atoms with Gasteiger partial charge >= 0.3 is 0 Å². The van der Waals surface area contributed by atoms with Crippen LogP contribution < -0.4 is 5.32 Å². The number of aryl methyl sites for hydroxylation is 1. The lowest BCUT2D eigenvalue weighted by Gasteiger charge is -2.32. The van der Waals surface area contributed by atoms with E-state index in [2.05, 4.69) is 49.4 Å². The van der Waals surface area contributed by atoms with Crippen molar-refractivity contribution in [2.75, 3.05) is 45.1 Å². The minimum absolute atomic E-state index is 0.139. The number of fused-ring (bicyclic) bond motifs is 1. The van der Waals surface area contributed by atoms with E-state index in [1.54, 1.807) is 16.9 Å². The number of imidazole rings is 1. The lowest BCUT2D eigenvalue weighted by molar-refractivity contribution is 0.102. The summed E-state index contributed by atoms with van der Waals surface area (Å²) in [5.41, 5.74) is 5.21. The molecule has 8 nitrogen and oxygen atoms in total. The Balaban J connectivity index is 1.21. The fourth-order valence-electron chi connectivity index (χ4n) is 4.15. The Bertz CT molecular complexity index is 1250. The van der Waals surface area contributed by atoms with Gasteiger partial charge in [0.2, 0.25) is 0 Å². The van der Waals surface area contributed by atoms with Crippen molar-refractivity contribution >= 4 is 22.6 Å². The number of nitrogens with one attached hydrogen (secondary N) is 2. The lowest BCUT2D eigenvalue weighted by atomic mass is 10.1. The maximum atomic E-state index is 12.8. The third-order valence-electron chi connectivity index (χ3n) is 6.25. The first-order valence-electron chi connectivity index (χ1n) is 11.3. The average Bonchev–Trinajstić information content (AvgIpc) is 3.45. The highest BCUT2D eigenvalue weighted by Gasteiger charge is 2.14. The number of amides is 1. The topological polar surface area (TPSA) is 82.1 Å². The summed E-state index contributed by atoms with van der Waals surface area (Å²) in [6.45, 7) is 5.62. The Morgan fingerprint density at radius 3 is 2.58 bits per heavy atom. The molecule has 1 fully saturated rings. The number of anilines is 1. The summed E-state index contributed by atoms with van der Waals surface area (Å²) in [5.74, 6) is 0.599. The molecule has 0 radical (unpaired) electrons. The molecule has 1 saturated heterocycles. The van der Waals surface area contributed by atoms with E-state index in [-0.39, 0.29) is 5.91 Å². The number of H-pyrrole nitrogens is 1. The van der Waals surface area contributed by atoms with Crippen molar-refractivity contribution in [2.45, 2.75) is 6.42 Å². The van der Waals surface area contributed by atoms with Crippen LogP contribution in [-0.2, 0) is 13.5 Å². The van der Waals surface area contributed by atoms with Gasteiger partial charge in [-0.1, -0.05) is 12.1 Å². The Morgan fingerprint density at radius 1 is 1.06 bits per heavy atom. The van der Waals surface area contributed by atoms with Crippen LogP contribution in [-0.4, -0.2) is 75.2 Å². The van der Waals surface area contributed by atoms with Crippen LogP contribution >= 0.6 is 0 Å². The monoisotopic (exact) mass is 443 g/mol. The van der Waals surface area contributed by atoms with E-state index < -0.39 is 0 Å². The predicted molar refractivity (Wildman–Crippen MR) is 130 cm³/mol. The van der Waals surface area contributed by atoms with Crippen molar-refractivity contribution < 1.29 is 4.79 Å². The number of rotatable bonds is 6. The molecule has 2 aromatic heterocycles. The van der Waals surface area contributed by atoms with Crippen molar-refractivity contribution in [3.05, 3.63) is 66.0 Å². The third kappa shape index (κ3) is 4.97. The third-order valence-corrected chi connectivity index (χ3v) is 6.25. The standard InChI is InChI=1S/C25H29N7O/c1-30-11-13-32(14-12-30)10-9-18-3-6-21(7-4-18)27-25(33)19-5-8-22-23(15-19)29-24(28-22)20-16-26-31(2)17-20/h3-8,15-17H,9-14H2,1-2H3,(H,27,33)(H,28,29). The molecule has 33 heavy (non-hydrogen) atoms. The van der Waals surface area contributed by atoms with Gasteiger partial charge in [-0.05, 0) is 49.4 Å². The Hall–Kier alpha value is -3.49. The van der Waals surface area contributed by atoms with Gasteiger partial charge in [0.25, 0.3) is 5.91 Å². The van der Waals surface area contributed by atoms with Crippen LogP contribution in [0.15, 0.2) is 54.9 Å². The largest absolute Gasteiger partial charge is 0.338 e. The number of aromatic nitrogens is 4. The molecule has 0 aliphatic carbocycles. The minimum atomic E-state index is -0.139. The number of aromatic amines is 1. The highest BCUT2D eigenvalue weighted by Crippen LogP contribution is 2.21. The van der Waals surface area contributed by atoms with E-state index in [1.165, 1.54) is 5.56 Å². The molecule has 170 valence electrons. The highest BCUT2D eigenvalue weighted by molar-refractivity contribution is 6.06. The quantitative estimate of drug-likeness (QED) is 0.479. The predicted octanol–water partition coefficient (Wildman–Crippen LogP) is 3.01. The summed E-state index contributed by atoms with van der Waals surface area (Å²) in [6, 6.07) is 13.7. The van der Waals surface area contributed by atoms with Gasteiger partial charge in [-0.3, -0.25) is 9.48 Å². The van der Waals surface area contributed by atoms with Crippen LogP contribution in [0.5, 0.6) is 0 Å². The Labute approximate surface area is 193 Å². The first-order valence-corrected chi connectivity index (χ1v) is 11.3. The number of carbonyl (C=O) groups is 1. The summed E-state index contributed by atoms with van der Waals surface area (Å²) >= 11 is 0. The molecule has 8 heteroatoms. The molecular formula is C25H29N7O. The Kier molecular flexibility index (Phi) is 5.93. The molecule has 4 aromatic rings. The van der Waals surface area contributed by atoms with Crippen molar-refractivity contribution in [1.29, 1.82) is 0 Å². The smallest absolute Gasteiger partial charge is 0.255 e. The molecule has 1 aliphatic heterocycles. The normalized spacial score (nSPS) is 15.2. The van der Waals surface area contributed by atoms with Gasteiger partial charge in [0.1, 0.15) is 5.82 Å². The van der Waals surface area contributed by atoms with Crippen LogP contribution in [0.1, 0.15) is 15.9 Å². The number of piperazine rings is 1. The van der Waals surface area contributed by atoms with E-state index >= 15 is 0 Å². The molecule has 0 unspecified atom stereocenters. The molecule has 1 amide bonds. The van der Waals surface area contributed by atoms with Gasteiger partial charge in [-0.25, -0.2) is 4.98 Å². The van der Waals surface area contributed by atoms with Crippen LogP contribution in [0, 0.1) is 0 Å². The number of likely N-dealkylation sites (N-methyl/N-ethyl adjacent to an activating group) is 1. The second-order valence-corrected chi connectivity index (χ2v) is 8.77. The maximum absolute atomic E-state index is 12.8. The average molecular weight is 444 g/mol. The molecule has 0 atom stereocenters. The van der Waals surface area contributed by atoms with Crippen molar-refractivity contribution in [3.63, 3.8) is 0 Å². The van der Waals surface area contributed by atoms with E-state index in [1.807, 2.05) is 37.5 Å². The Morgan fingerprint density at radius 2 is 1.85 bits per heavy atom.